The molecule has 0 radical (unpaired) electrons. The zero-order valence-corrected chi connectivity index (χ0v) is 14.2. The van der Waals surface area contributed by atoms with Crippen molar-refractivity contribution in [3.63, 3.8) is 0 Å². The largest absolute Gasteiger partial charge is 0.375 e. The number of hydrogen-bond acceptors (Lipinski definition) is 5. The Morgan fingerprint density at radius 2 is 2.27 bits per heavy atom. The summed E-state index contributed by atoms with van der Waals surface area (Å²) in [7, 11) is 0. The van der Waals surface area contributed by atoms with E-state index in [2.05, 4.69) is 20.3 Å². The standard InChI is InChI=1S/C18H18FN5O2/c1-12-9-23(4-5-26-12)15-6-13-10-24(22-18(13)20-8-15)17-7-14(21-11-25)2-3-16(17)19/h2-3,6-8,10-12H,4-5,9H2,1H3,(H,21,25). The lowest BCUT2D eigenvalue weighted by Crippen LogP contribution is -2.41. The van der Waals surface area contributed by atoms with Gasteiger partial charge in [0.1, 0.15) is 11.5 Å². The molecule has 1 aliphatic heterocycles. The summed E-state index contributed by atoms with van der Waals surface area (Å²) in [6, 6.07) is 6.31. The van der Waals surface area contributed by atoms with Crippen LogP contribution in [0.2, 0.25) is 0 Å². The molecule has 1 aliphatic rings. The molecule has 1 atom stereocenters. The van der Waals surface area contributed by atoms with Crippen molar-refractivity contribution >= 4 is 28.8 Å². The predicted octanol–water partition coefficient (Wildman–Crippen LogP) is 2.35. The predicted molar refractivity (Wildman–Crippen MR) is 96.1 cm³/mol. The number of ether oxygens (including phenoxy) is 1. The lowest BCUT2D eigenvalue weighted by Gasteiger charge is -2.32. The van der Waals surface area contributed by atoms with Crippen LogP contribution in [0.1, 0.15) is 6.92 Å². The molecule has 0 aliphatic carbocycles. The summed E-state index contributed by atoms with van der Waals surface area (Å²) in [6.07, 6.45) is 4.23. The maximum atomic E-state index is 14.2. The van der Waals surface area contributed by atoms with Crippen molar-refractivity contribution in [3.05, 3.63) is 42.5 Å². The second kappa shape index (κ2) is 6.72. The molecular weight excluding hydrogens is 337 g/mol. The van der Waals surface area contributed by atoms with E-state index in [1.807, 2.05) is 13.0 Å². The Kier molecular flexibility index (Phi) is 4.26. The molecule has 0 saturated carbocycles. The minimum atomic E-state index is -0.434. The Hall–Kier alpha value is -3.00. The number of nitrogens with zero attached hydrogens (tertiary/aromatic N) is 4. The van der Waals surface area contributed by atoms with E-state index in [4.69, 9.17) is 4.74 Å². The van der Waals surface area contributed by atoms with E-state index >= 15 is 0 Å². The number of nitrogens with one attached hydrogen (secondary N) is 1. The van der Waals surface area contributed by atoms with Crippen LogP contribution in [0.3, 0.4) is 0 Å². The van der Waals surface area contributed by atoms with E-state index in [0.29, 0.717) is 24.4 Å². The van der Waals surface area contributed by atoms with E-state index in [9.17, 15) is 9.18 Å². The number of halogens is 1. The fourth-order valence-corrected chi connectivity index (χ4v) is 3.10. The average Bonchev–Trinajstić information content (AvgIpc) is 3.06. The topological polar surface area (TPSA) is 72.3 Å². The fourth-order valence-electron chi connectivity index (χ4n) is 3.10. The molecule has 0 spiro atoms. The van der Waals surface area contributed by atoms with Crippen LogP contribution in [-0.2, 0) is 9.53 Å². The number of amides is 1. The molecule has 0 bridgehead atoms. The van der Waals surface area contributed by atoms with Gasteiger partial charge in [-0.2, -0.15) is 0 Å². The number of hydrogen-bond donors (Lipinski definition) is 1. The highest BCUT2D eigenvalue weighted by Gasteiger charge is 2.18. The number of carbonyl (C=O) groups is 1. The number of fused-ring (bicyclic) bond motifs is 1. The molecule has 1 aromatic carbocycles. The van der Waals surface area contributed by atoms with Crippen molar-refractivity contribution in [1.29, 1.82) is 0 Å². The summed E-state index contributed by atoms with van der Waals surface area (Å²) in [6.45, 7) is 4.33. The van der Waals surface area contributed by atoms with Gasteiger partial charge in [0.25, 0.3) is 0 Å². The molecule has 2 aromatic heterocycles. The Balaban J connectivity index is 1.70. The van der Waals surface area contributed by atoms with Crippen LogP contribution in [0.25, 0.3) is 16.7 Å². The van der Waals surface area contributed by atoms with Crippen LogP contribution in [-0.4, -0.2) is 47.0 Å². The first-order chi connectivity index (χ1) is 12.6. The molecular formula is C18H18FN5O2. The molecule has 1 unspecified atom stereocenters. The van der Waals surface area contributed by atoms with Gasteiger partial charge < -0.3 is 15.0 Å². The van der Waals surface area contributed by atoms with E-state index in [1.54, 1.807) is 12.4 Å². The normalized spacial score (nSPS) is 17.5. The van der Waals surface area contributed by atoms with Crippen LogP contribution in [0.5, 0.6) is 0 Å². The minimum Gasteiger partial charge on any atom is -0.375 e. The molecule has 1 fully saturated rings. The van der Waals surface area contributed by atoms with Crippen LogP contribution < -0.4 is 10.2 Å². The van der Waals surface area contributed by atoms with E-state index in [-0.39, 0.29) is 11.8 Å². The van der Waals surface area contributed by atoms with Gasteiger partial charge in [0.2, 0.25) is 6.41 Å². The van der Waals surface area contributed by atoms with Gasteiger partial charge in [0, 0.05) is 30.4 Å². The van der Waals surface area contributed by atoms with Crippen LogP contribution >= 0.6 is 0 Å². The Labute approximate surface area is 149 Å². The number of pyridine rings is 1. The third kappa shape index (κ3) is 3.11. The average molecular weight is 355 g/mol. The fraction of sp³-hybridized carbons (Fsp3) is 0.278. The number of aromatic nitrogens is 3. The zero-order chi connectivity index (χ0) is 18.1. The highest BCUT2D eigenvalue weighted by Crippen LogP contribution is 2.24. The molecule has 134 valence electrons. The van der Waals surface area contributed by atoms with E-state index in [0.717, 1.165) is 24.2 Å². The Morgan fingerprint density at radius 1 is 1.38 bits per heavy atom. The highest BCUT2D eigenvalue weighted by molar-refractivity contribution is 5.79. The lowest BCUT2D eigenvalue weighted by atomic mass is 10.2. The number of benzene rings is 1. The maximum absolute atomic E-state index is 14.2. The number of rotatable bonds is 4. The second-order valence-electron chi connectivity index (χ2n) is 6.24. The van der Waals surface area contributed by atoms with Gasteiger partial charge >= 0.3 is 0 Å². The van der Waals surface area contributed by atoms with Gasteiger partial charge in [-0.3, -0.25) is 4.79 Å². The van der Waals surface area contributed by atoms with Gasteiger partial charge in [-0.25, -0.2) is 14.1 Å². The van der Waals surface area contributed by atoms with Gasteiger partial charge in [-0.05, 0) is 31.2 Å². The Morgan fingerprint density at radius 3 is 3.08 bits per heavy atom. The summed E-state index contributed by atoms with van der Waals surface area (Å²) < 4.78 is 21.2. The first kappa shape index (κ1) is 16.5. The quantitative estimate of drug-likeness (QED) is 0.728. The number of anilines is 2. The second-order valence-corrected chi connectivity index (χ2v) is 6.24. The third-order valence-corrected chi connectivity index (χ3v) is 4.37. The molecule has 26 heavy (non-hydrogen) atoms. The molecule has 1 amide bonds. The minimum absolute atomic E-state index is 0.171. The number of carbonyl (C=O) groups excluding carboxylic acids is 1. The highest BCUT2D eigenvalue weighted by atomic mass is 19.1. The van der Waals surface area contributed by atoms with Crippen molar-refractivity contribution in [2.45, 2.75) is 13.0 Å². The van der Waals surface area contributed by atoms with Gasteiger partial charge in [0.15, 0.2) is 5.65 Å². The van der Waals surface area contributed by atoms with E-state index in [1.165, 1.54) is 22.9 Å². The third-order valence-electron chi connectivity index (χ3n) is 4.37. The smallest absolute Gasteiger partial charge is 0.211 e. The first-order valence-electron chi connectivity index (χ1n) is 8.36. The summed E-state index contributed by atoms with van der Waals surface area (Å²) >= 11 is 0. The zero-order valence-electron chi connectivity index (χ0n) is 14.2. The first-order valence-corrected chi connectivity index (χ1v) is 8.36. The summed E-state index contributed by atoms with van der Waals surface area (Å²) in [5.74, 6) is -0.434. The summed E-state index contributed by atoms with van der Waals surface area (Å²) in [4.78, 5) is 17.2. The van der Waals surface area contributed by atoms with Crippen LogP contribution in [0.4, 0.5) is 15.8 Å². The molecule has 4 rings (SSSR count). The van der Waals surface area contributed by atoms with Gasteiger partial charge in [-0.15, -0.1) is 5.10 Å². The molecule has 1 saturated heterocycles. The molecule has 8 heteroatoms. The molecule has 1 N–H and O–H groups in total. The van der Waals surface area contributed by atoms with Crippen LogP contribution in [0.15, 0.2) is 36.7 Å². The molecule has 7 nitrogen and oxygen atoms in total. The maximum Gasteiger partial charge on any atom is 0.211 e. The van der Waals surface area contributed by atoms with Crippen molar-refractivity contribution in [1.82, 2.24) is 14.8 Å². The van der Waals surface area contributed by atoms with Crippen molar-refractivity contribution in [3.8, 4) is 5.69 Å². The van der Waals surface area contributed by atoms with Crippen molar-refractivity contribution < 1.29 is 13.9 Å². The van der Waals surface area contributed by atoms with Crippen LogP contribution in [0, 0.1) is 5.82 Å². The van der Waals surface area contributed by atoms with E-state index < -0.39 is 5.82 Å². The molecule has 3 heterocycles. The summed E-state index contributed by atoms with van der Waals surface area (Å²) in [5, 5.41) is 7.68. The Bertz CT molecular complexity index is 958. The van der Waals surface area contributed by atoms with Crippen molar-refractivity contribution in [2.75, 3.05) is 29.9 Å². The van der Waals surface area contributed by atoms with Gasteiger partial charge in [-0.1, -0.05) is 0 Å². The number of morpholine rings is 1. The lowest BCUT2D eigenvalue weighted by molar-refractivity contribution is -0.105. The SMILES string of the molecule is CC1CN(c2cnc3nn(-c4cc(NC=O)ccc4F)cc3c2)CCO1. The van der Waals surface area contributed by atoms with Gasteiger partial charge in [0.05, 0.1) is 24.6 Å². The summed E-state index contributed by atoms with van der Waals surface area (Å²) in [5.41, 5.74) is 2.26. The monoisotopic (exact) mass is 355 g/mol. The molecule has 3 aromatic rings. The van der Waals surface area contributed by atoms with Crippen molar-refractivity contribution in [2.24, 2.45) is 0 Å².